The normalized spacial score (nSPS) is 11.8. The van der Waals surface area contributed by atoms with Crippen LogP contribution in [0.4, 0.5) is 0 Å². The number of nitrogens with one attached hydrogen (secondary N) is 1. The molecule has 0 amide bonds. The highest BCUT2D eigenvalue weighted by atomic mass is 16.5. The molecule has 2 heteroatoms. The zero-order valence-corrected chi connectivity index (χ0v) is 8.49. The van der Waals surface area contributed by atoms with E-state index in [1.54, 1.807) is 7.11 Å². The van der Waals surface area contributed by atoms with Crippen LogP contribution in [0.15, 0.2) is 22.5 Å². The third kappa shape index (κ3) is 2.53. The minimum atomic E-state index is 0.810. The number of hydrogen-bond donors (Lipinski definition) is 1. The minimum Gasteiger partial charge on any atom is -0.496 e. The van der Waals surface area contributed by atoms with E-state index >= 15 is 0 Å². The number of methoxy groups -OCH3 is 1. The number of ether oxygens (including phenoxy) is 1. The lowest BCUT2D eigenvalue weighted by molar-refractivity contribution is 0.297. The first-order chi connectivity index (χ1) is 5.54. The summed E-state index contributed by atoms with van der Waals surface area (Å²) in [5.74, 6) is 0.810. The third-order valence-corrected chi connectivity index (χ3v) is 1.87. The highest BCUT2D eigenvalue weighted by Gasteiger charge is 2.04. The average Bonchev–Trinajstić information content (AvgIpc) is 2.05. The van der Waals surface area contributed by atoms with Gasteiger partial charge in [-0.1, -0.05) is 5.57 Å². The standard InChI is InChI=1S/C10H17NO/c1-7(2)9(4)10(12-5)8(3)6-11/h6,11H,1-5H3/b10-8+,11-6?. The maximum Gasteiger partial charge on any atom is 0.126 e. The monoisotopic (exact) mass is 167 g/mol. The van der Waals surface area contributed by atoms with Gasteiger partial charge >= 0.3 is 0 Å². The minimum absolute atomic E-state index is 0.810. The van der Waals surface area contributed by atoms with Gasteiger partial charge in [-0.2, -0.15) is 0 Å². The second kappa shape index (κ2) is 4.75. The van der Waals surface area contributed by atoms with E-state index in [0.29, 0.717) is 0 Å². The van der Waals surface area contributed by atoms with Crippen molar-refractivity contribution in [3.05, 3.63) is 22.5 Å². The molecule has 0 unspecified atom stereocenters. The molecule has 0 fully saturated rings. The Labute approximate surface area is 74.4 Å². The molecule has 0 bridgehead atoms. The quantitative estimate of drug-likeness (QED) is 0.391. The zero-order valence-electron chi connectivity index (χ0n) is 8.49. The van der Waals surface area contributed by atoms with E-state index in [9.17, 15) is 0 Å². The fourth-order valence-corrected chi connectivity index (χ4v) is 0.902. The van der Waals surface area contributed by atoms with Crippen molar-refractivity contribution in [1.29, 1.82) is 5.41 Å². The Bertz CT molecular complexity index is 227. The second-order valence-electron chi connectivity index (χ2n) is 2.99. The van der Waals surface area contributed by atoms with Crippen molar-refractivity contribution < 1.29 is 4.74 Å². The van der Waals surface area contributed by atoms with Crippen LogP contribution in [0.1, 0.15) is 27.7 Å². The average molecular weight is 167 g/mol. The molecule has 0 aliphatic rings. The van der Waals surface area contributed by atoms with Gasteiger partial charge in [-0.05, 0) is 33.3 Å². The highest BCUT2D eigenvalue weighted by molar-refractivity contribution is 5.76. The molecule has 2 nitrogen and oxygen atoms in total. The first-order valence-electron chi connectivity index (χ1n) is 3.94. The third-order valence-electron chi connectivity index (χ3n) is 1.87. The second-order valence-corrected chi connectivity index (χ2v) is 2.99. The molecular weight excluding hydrogens is 150 g/mol. The van der Waals surface area contributed by atoms with Gasteiger partial charge in [-0.15, -0.1) is 0 Å². The molecule has 0 spiro atoms. The maximum atomic E-state index is 7.09. The van der Waals surface area contributed by atoms with Crippen LogP contribution in [0.2, 0.25) is 0 Å². The number of hydrogen-bond acceptors (Lipinski definition) is 2. The van der Waals surface area contributed by atoms with Crippen molar-refractivity contribution in [2.45, 2.75) is 27.7 Å². The molecular formula is C10H17NO. The summed E-state index contributed by atoms with van der Waals surface area (Å²) in [7, 11) is 1.63. The zero-order chi connectivity index (χ0) is 9.72. The fraction of sp³-hybridized carbons (Fsp3) is 0.500. The Balaban J connectivity index is 5.06. The van der Waals surface area contributed by atoms with Crippen LogP contribution in [0, 0.1) is 5.41 Å². The van der Waals surface area contributed by atoms with Gasteiger partial charge in [0.25, 0.3) is 0 Å². The lowest BCUT2D eigenvalue weighted by Crippen LogP contribution is -1.96. The van der Waals surface area contributed by atoms with Crippen LogP contribution in [0.5, 0.6) is 0 Å². The summed E-state index contributed by atoms with van der Waals surface area (Å²) in [5.41, 5.74) is 3.18. The van der Waals surface area contributed by atoms with Crippen molar-refractivity contribution in [2.75, 3.05) is 7.11 Å². The van der Waals surface area contributed by atoms with E-state index in [2.05, 4.69) is 0 Å². The first-order valence-corrected chi connectivity index (χ1v) is 3.94. The summed E-state index contributed by atoms with van der Waals surface area (Å²) in [6.07, 6.45) is 1.31. The summed E-state index contributed by atoms with van der Waals surface area (Å²) < 4.78 is 5.20. The molecule has 0 aromatic rings. The first kappa shape index (κ1) is 11.0. The van der Waals surface area contributed by atoms with Gasteiger partial charge in [-0.3, -0.25) is 0 Å². The smallest absolute Gasteiger partial charge is 0.126 e. The molecule has 0 radical (unpaired) electrons. The molecule has 0 aliphatic heterocycles. The SMILES string of the molecule is CO/C(C(C)=C(C)C)=C(\C)C=N. The topological polar surface area (TPSA) is 33.1 Å². The van der Waals surface area contributed by atoms with Crippen LogP contribution in [0.25, 0.3) is 0 Å². The summed E-state index contributed by atoms with van der Waals surface area (Å²) in [5, 5.41) is 7.09. The van der Waals surface area contributed by atoms with Crippen molar-refractivity contribution in [1.82, 2.24) is 0 Å². The largest absolute Gasteiger partial charge is 0.496 e. The molecule has 0 aromatic heterocycles. The number of rotatable bonds is 3. The Hall–Kier alpha value is -1.05. The summed E-state index contributed by atoms with van der Waals surface area (Å²) in [6, 6.07) is 0. The van der Waals surface area contributed by atoms with Crippen LogP contribution in [-0.4, -0.2) is 13.3 Å². The summed E-state index contributed by atoms with van der Waals surface area (Å²) in [4.78, 5) is 0. The van der Waals surface area contributed by atoms with E-state index in [1.165, 1.54) is 11.8 Å². The van der Waals surface area contributed by atoms with E-state index in [1.807, 2.05) is 27.7 Å². The van der Waals surface area contributed by atoms with E-state index in [0.717, 1.165) is 16.9 Å². The van der Waals surface area contributed by atoms with Gasteiger partial charge in [0.05, 0.1) is 7.11 Å². The van der Waals surface area contributed by atoms with Crippen molar-refractivity contribution in [3.63, 3.8) is 0 Å². The molecule has 12 heavy (non-hydrogen) atoms. The summed E-state index contributed by atoms with van der Waals surface area (Å²) >= 11 is 0. The molecule has 68 valence electrons. The Morgan fingerprint density at radius 3 is 1.92 bits per heavy atom. The van der Waals surface area contributed by atoms with Crippen molar-refractivity contribution in [3.8, 4) is 0 Å². The molecule has 1 N–H and O–H groups in total. The fourth-order valence-electron chi connectivity index (χ4n) is 0.902. The highest BCUT2D eigenvalue weighted by Crippen LogP contribution is 2.17. The van der Waals surface area contributed by atoms with Crippen molar-refractivity contribution in [2.24, 2.45) is 0 Å². The molecule has 0 atom stereocenters. The van der Waals surface area contributed by atoms with Crippen molar-refractivity contribution >= 4 is 6.21 Å². The van der Waals surface area contributed by atoms with Gasteiger partial charge in [0.15, 0.2) is 0 Å². The van der Waals surface area contributed by atoms with Gasteiger partial charge in [-0.25, -0.2) is 0 Å². The van der Waals surface area contributed by atoms with Gasteiger partial charge in [0, 0.05) is 11.8 Å². The van der Waals surface area contributed by atoms with Gasteiger partial charge in [0.1, 0.15) is 5.76 Å². The molecule has 0 aromatic carbocycles. The predicted molar refractivity (Wildman–Crippen MR) is 52.5 cm³/mol. The van der Waals surface area contributed by atoms with E-state index in [-0.39, 0.29) is 0 Å². The Morgan fingerprint density at radius 2 is 1.67 bits per heavy atom. The summed E-state index contributed by atoms with van der Waals surface area (Å²) in [6.45, 7) is 7.94. The van der Waals surface area contributed by atoms with Crippen LogP contribution < -0.4 is 0 Å². The van der Waals surface area contributed by atoms with Gasteiger partial charge < -0.3 is 10.1 Å². The maximum absolute atomic E-state index is 7.09. The van der Waals surface area contributed by atoms with Gasteiger partial charge in [0.2, 0.25) is 0 Å². The lowest BCUT2D eigenvalue weighted by atomic mass is 10.1. The van der Waals surface area contributed by atoms with Crippen LogP contribution >= 0.6 is 0 Å². The Morgan fingerprint density at radius 1 is 1.17 bits per heavy atom. The number of allylic oxidation sites excluding steroid dienone is 3. The predicted octanol–water partition coefficient (Wildman–Crippen LogP) is 2.91. The molecule has 0 rings (SSSR count). The molecule has 0 saturated carbocycles. The Kier molecular flexibility index (Phi) is 4.34. The molecule has 0 aliphatic carbocycles. The van der Waals surface area contributed by atoms with Crippen LogP contribution in [-0.2, 0) is 4.74 Å². The van der Waals surface area contributed by atoms with E-state index < -0.39 is 0 Å². The van der Waals surface area contributed by atoms with Crippen LogP contribution in [0.3, 0.4) is 0 Å². The molecule has 0 heterocycles. The van der Waals surface area contributed by atoms with E-state index in [4.69, 9.17) is 10.1 Å². The lowest BCUT2D eigenvalue weighted by Gasteiger charge is -2.10. The molecule has 0 saturated heterocycles.